The highest BCUT2D eigenvalue weighted by Gasteiger charge is 2.23. The second-order valence-corrected chi connectivity index (χ2v) is 5.54. The molecular formula is C16H23NO2. The van der Waals surface area contributed by atoms with E-state index in [4.69, 9.17) is 5.11 Å². The van der Waals surface area contributed by atoms with Crippen LogP contribution < -0.4 is 0 Å². The molecule has 2 rings (SSSR count). The minimum atomic E-state index is -0.692. The minimum Gasteiger partial charge on any atom is -0.481 e. The van der Waals surface area contributed by atoms with E-state index in [0.29, 0.717) is 0 Å². The summed E-state index contributed by atoms with van der Waals surface area (Å²) in [6.45, 7) is 4.16. The van der Waals surface area contributed by atoms with Gasteiger partial charge in [-0.2, -0.15) is 0 Å². The second kappa shape index (κ2) is 6.71. The van der Waals surface area contributed by atoms with Gasteiger partial charge in [-0.15, -0.1) is 0 Å². The molecule has 3 heteroatoms. The molecule has 1 saturated heterocycles. The molecule has 1 aromatic carbocycles. The molecule has 1 heterocycles. The lowest BCUT2D eigenvalue weighted by Crippen LogP contribution is -2.41. The van der Waals surface area contributed by atoms with Gasteiger partial charge in [-0.25, -0.2) is 0 Å². The molecule has 1 aliphatic rings. The van der Waals surface area contributed by atoms with Gasteiger partial charge in [0.1, 0.15) is 0 Å². The molecule has 0 bridgehead atoms. The zero-order chi connectivity index (χ0) is 13.7. The van der Waals surface area contributed by atoms with Crippen LogP contribution in [-0.4, -0.2) is 35.1 Å². The summed E-state index contributed by atoms with van der Waals surface area (Å²) >= 11 is 0. The van der Waals surface area contributed by atoms with E-state index in [1.54, 1.807) is 0 Å². The minimum absolute atomic E-state index is 0.139. The number of rotatable bonds is 5. The van der Waals surface area contributed by atoms with Crippen molar-refractivity contribution >= 4 is 5.97 Å². The van der Waals surface area contributed by atoms with Crippen molar-refractivity contribution in [3.8, 4) is 0 Å². The van der Waals surface area contributed by atoms with Crippen LogP contribution in [0.1, 0.15) is 36.8 Å². The highest BCUT2D eigenvalue weighted by Crippen LogP contribution is 2.18. The maximum absolute atomic E-state index is 11.1. The molecule has 1 aliphatic heterocycles. The topological polar surface area (TPSA) is 40.5 Å². The van der Waals surface area contributed by atoms with E-state index in [9.17, 15) is 4.79 Å². The van der Waals surface area contributed by atoms with Gasteiger partial charge >= 0.3 is 5.97 Å². The Kier molecular flexibility index (Phi) is 4.97. The molecule has 1 aromatic rings. The zero-order valence-electron chi connectivity index (χ0n) is 11.6. The van der Waals surface area contributed by atoms with Gasteiger partial charge in [0.05, 0.1) is 6.42 Å². The lowest BCUT2D eigenvalue weighted by atomic mass is 9.98. The summed E-state index contributed by atoms with van der Waals surface area (Å²) in [5, 5.41) is 9.11. The van der Waals surface area contributed by atoms with Crippen molar-refractivity contribution in [2.24, 2.45) is 0 Å². The van der Waals surface area contributed by atoms with Crippen LogP contribution in [0.5, 0.6) is 0 Å². The first-order chi connectivity index (χ1) is 9.15. The lowest BCUT2D eigenvalue weighted by molar-refractivity contribution is -0.138. The lowest BCUT2D eigenvalue weighted by Gasteiger charge is -2.34. The molecule has 0 aliphatic carbocycles. The van der Waals surface area contributed by atoms with Crippen LogP contribution in [-0.2, 0) is 11.2 Å². The Morgan fingerprint density at radius 2 is 1.84 bits per heavy atom. The highest BCUT2D eigenvalue weighted by atomic mass is 16.4. The molecule has 104 valence electrons. The zero-order valence-corrected chi connectivity index (χ0v) is 11.6. The fourth-order valence-electron chi connectivity index (χ4n) is 2.81. The summed E-state index contributed by atoms with van der Waals surface area (Å²) in [7, 11) is 0. The molecule has 0 amide bonds. The Bertz CT molecular complexity index is 407. The van der Waals surface area contributed by atoms with Crippen molar-refractivity contribution < 1.29 is 9.90 Å². The molecule has 1 N–H and O–H groups in total. The molecule has 3 nitrogen and oxygen atoms in total. The molecular weight excluding hydrogens is 238 g/mol. The molecule has 1 unspecified atom stereocenters. The van der Waals surface area contributed by atoms with Crippen LogP contribution in [0.2, 0.25) is 0 Å². The summed E-state index contributed by atoms with van der Waals surface area (Å²) in [4.78, 5) is 13.4. The van der Waals surface area contributed by atoms with Crippen LogP contribution in [0.25, 0.3) is 0 Å². The number of aliphatic carboxylic acids is 1. The third kappa shape index (κ3) is 4.35. The van der Waals surface area contributed by atoms with Crippen molar-refractivity contribution in [1.29, 1.82) is 0 Å². The van der Waals surface area contributed by atoms with Crippen molar-refractivity contribution in [3.63, 3.8) is 0 Å². The third-order valence-corrected chi connectivity index (χ3v) is 3.91. The highest BCUT2D eigenvalue weighted by molar-refractivity contribution is 5.67. The van der Waals surface area contributed by atoms with Gasteiger partial charge in [-0.1, -0.05) is 36.2 Å². The van der Waals surface area contributed by atoms with Gasteiger partial charge in [-0.3, -0.25) is 9.69 Å². The van der Waals surface area contributed by atoms with Crippen LogP contribution in [0.3, 0.4) is 0 Å². The second-order valence-electron chi connectivity index (χ2n) is 5.54. The van der Waals surface area contributed by atoms with Crippen molar-refractivity contribution in [2.75, 3.05) is 13.1 Å². The predicted molar refractivity (Wildman–Crippen MR) is 76.3 cm³/mol. The summed E-state index contributed by atoms with van der Waals surface area (Å²) < 4.78 is 0. The molecule has 1 atom stereocenters. The number of likely N-dealkylation sites (tertiary alicyclic amines) is 1. The number of benzene rings is 1. The maximum atomic E-state index is 11.1. The van der Waals surface area contributed by atoms with Crippen LogP contribution in [0.15, 0.2) is 24.3 Å². The number of carboxylic acid groups (broad SMARTS) is 1. The van der Waals surface area contributed by atoms with Gasteiger partial charge in [0.15, 0.2) is 0 Å². The SMILES string of the molecule is Cc1ccc(CC(CC(=O)O)N2CCCCC2)cc1. The quantitative estimate of drug-likeness (QED) is 0.886. The van der Waals surface area contributed by atoms with Crippen molar-refractivity contribution in [1.82, 2.24) is 4.90 Å². The fourth-order valence-corrected chi connectivity index (χ4v) is 2.81. The summed E-state index contributed by atoms with van der Waals surface area (Å²) in [5.74, 6) is -0.692. The number of carboxylic acids is 1. The van der Waals surface area contributed by atoms with Crippen LogP contribution >= 0.6 is 0 Å². The van der Waals surface area contributed by atoms with Gasteiger partial charge in [0.2, 0.25) is 0 Å². The first-order valence-corrected chi connectivity index (χ1v) is 7.16. The standard InChI is InChI=1S/C16H23NO2/c1-13-5-7-14(8-6-13)11-15(12-16(18)19)17-9-3-2-4-10-17/h5-8,15H,2-4,9-12H2,1H3,(H,18,19). The first kappa shape index (κ1) is 14.1. The average molecular weight is 261 g/mol. The number of aryl methyl sites for hydroxylation is 1. The molecule has 0 spiro atoms. The smallest absolute Gasteiger partial charge is 0.304 e. The molecule has 1 fully saturated rings. The fraction of sp³-hybridized carbons (Fsp3) is 0.562. The van der Waals surface area contributed by atoms with Gasteiger partial charge in [0.25, 0.3) is 0 Å². The molecule has 0 aromatic heterocycles. The number of hydrogen-bond acceptors (Lipinski definition) is 2. The Morgan fingerprint density at radius 3 is 2.42 bits per heavy atom. The van der Waals surface area contributed by atoms with Gasteiger partial charge in [-0.05, 0) is 44.8 Å². The molecule has 0 radical (unpaired) electrons. The van der Waals surface area contributed by atoms with Gasteiger partial charge in [0, 0.05) is 6.04 Å². The number of carbonyl (C=O) groups is 1. The van der Waals surface area contributed by atoms with Gasteiger partial charge < -0.3 is 5.11 Å². The predicted octanol–water partition coefficient (Wildman–Crippen LogP) is 2.87. The number of hydrogen-bond donors (Lipinski definition) is 1. The van der Waals surface area contributed by atoms with Crippen LogP contribution in [0, 0.1) is 6.92 Å². The average Bonchev–Trinajstić information content (AvgIpc) is 2.41. The Morgan fingerprint density at radius 1 is 1.21 bits per heavy atom. The Hall–Kier alpha value is -1.35. The van der Waals surface area contributed by atoms with E-state index in [0.717, 1.165) is 19.5 Å². The van der Waals surface area contributed by atoms with Crippen LogP contribution in [0.4, 0.5) is 0 Å². The summed E-state index contributed by atoms with van der Waals surface area (Å²) in [5.41, 5.74) is 2.49. The van der Waals surface area contributed by atoms with E-state index in [1.165, 1.54) is 30.4 Å². The summed E-state index contributed by atoms with van der Waals surface area (Å²) in [6, 6.07) is 8.58. The first-order valence-electron chi connectivity index (χ1n) is 7.16. The Balaban J connectivity index is 2.03. The largest absolute Gasteiger partial charge is 0.481 e. The third-order valence-electron chi connectivity index (χ3n) is 3.91. The van der Waals surface area contributed by atoms with E-state index in [-0.39, 0.29) is 12.5 Å². The van der Waals surface area contributed by atoms with E-state index in [1.807, 2.05) is 0 Å². The number of piperidine rings is 1. The van der Waals surface area contributed by atoms with E-state index in [2.05, 4.69) is 36.1 Å². The summed E-state index contributed by atoms with van der Waals surface area (Å²) in [6.07, 6.45) is 4.76. The van der Waals surface area contributed by atoms with Crippen molar-refractivity contribution in [3.05, 3.63) is 35.4 Å². The molecule has 0 saturated carbocycles. The normalized spacial score (nSPS) is 18.2. The molecule has 19 heavy (non-hydrogen) atoms. The Labute approximate surface area is 115 Å². The maximum Gasteiger partial charge on any atom is 0.304 e. The van der Waals surface area contributed by atoms with E-state index >= 15 is 0 Å². The van der Waals surface area contributed by atoms with Crippen molar-refractivity contribution in [2.45, 2.75) is 45.1 Å². The number of nitrogens with zero attached hydrogens (tertiary/aromatic N) is 1. The monoisotopic (exact) mass is 261 g/mol. The van der Waals surface area contributed by atoms with E-state index < -0.39 is 5.97 Å².